The predicted octanol–water partition coefficient (Wildman–Crippen LogP) is -0.456. The second-order valence-corrected chi connectivity index (χ2v) is 4.50. The van der Waals surface area contributed by atoms with Gasteiger partial charge in [-0.1, -0.05) is 27.8 Å². The number of para-hydroxylation sites is 1. The Morgan fingerprint density at radius 1 is 1.43 bits per heavy atom. The van der Waals surface area contributed by atoms with Gasteiger partial charge < -0.3 is 30.2 Å². The molecule has 2 rings (SSSR count). The molecule has 0 unspecified atom stereocenters. The summed E-state index contributed by atoms with van der Waals surface area (Å²) in [7, 11) is 0. The number of benzene rings is 1. The first-order chi connectivity index (χ1) is 6.25. The number of anilines is 1. The largest absolute Gasteiger partial charge is 1.00 e. The maximum Gasteiger partial charge on any atom is 1.00 e. The SMILES string of the molecule is S=C([S-])Nc1nc2ccccc2s1.[Na+]. The summed E-state index contributed by atoms with van der Waals surface area (Å²) in [6.07, 6.45) is 0. The van der Waals surface area contributed by atoms with Gasteiger partial charge >= 0.3 is 29.6 Å². The number of hydrogen-bond acceptors (Lipinski definition) is 4. The van der Waals surface area contributed by atoms with Crippen LogP contribution in [0.2, 0.25) is 0 Å². The molecule has 6 heteroatoms. The Morgan fingerprint density at radius 2 is 2.14 bits per heavy atom. The molecule has 0 aliphatic carbocycles. The van der Waals surface area contributed by atoms with E-state index in [-0.39, 0.29) is 29.6 Å². The number of nitrogens with one attached hydrogen (secondary N) is 1. The van der Waals surface area contributed by atoms with Crippen LogP contribution in [0.4, 0.5) is 5.13 Å². The van der Waals surface area contributed by atoms with E-state index in [0.717, 1.165) is 15.3 Å². The van der Waals surface area contributed by atoms with Crippen LogP contribution in [-0.4, -0.2) is 9.30 Å². The Morgan fingerprint density at radius 3 is 2.79 bits per heavy atom. The van der Waals surface area contributed by atoms with E-state index >= 15 is 0 Å². The summed E-state index contributed by atoms with van der Waals surface area (Å²) in [5.41, 5.74) is 0.973. The summed E-state index contributed by atoms with van der Waals surface area (Å²) in [6, 6.07) is 7.92. The van der Waals surface area contributed by atoms with Crippen molar-refractivity contribution in [1.82, 2.24) is 4.98 Å². The summed E-state index contributed by atoms with van der Waals surface area (Å²) in [4.78, 5) is 4.31. The molecule has 0 aliphatic heterocycles. The fourth-order valence-corrected chi connectivity index (χ4v) is 2.21. The quantitative estimate of drug-likeness (QED) is 0.419. The molecule has 14 heavy (non-hydrogen) atoms. The molecule has 0 aliphatic rings. The molecule has 0 saturated carbocycles. The van der Waals surface area contributed by atoms with Crippen LogP contribution < -0.4 is 34.9 Å². The molecule has 0 saturated heterocycles. The van der Waals surface area contributed by atoms with E-state index in [1.165, 1.54) is 0 Å². The minimum absolute atomic E-state index is 0. The first-order valence-electron chi connectivity index (χ1n) is 3.59. The smallest absolute Gasteiger partial charge is 0.411 e. The molecule has 2 aromatic rings. The van der Waals surface area contributed by atoms with Crippen LogP contribution in [0.3, 0.4) is 0 Å². The minimum Gasteiger partial charge on any atom is -0.411 e. The zero-order valence-electron chi connectivity index (χ0n) is 7.48. The summed E-state index contributed by atoms with van der Waals surface area (Å²) >= 11 is 11.1. The number of nitrogens with zero attached hydrogens (tertiary/aromatic N) is 1. The van der Waals surface area contributed by atoms with E-state index in [0.29, 0.717) is 4.32 Å². The summed E-state index contributed by atoms with van der Waals surface area (Å²) in [5, 5.41) is 3.61. The first kappa shape index (κ1) is 12.3. The molecule has 2 nitrogen and oxygen atoms in total. The second-order valence-electron chi connectivity index (χ2n) is 2.40. The monoisotopic (exact) mass is 248 g/mol. The molecule has 1 N–H and O–H groups in total. The molecule has 0 atom stereocenters. The van der Waals surface area contributed by atoms with Crippen LogP contribution in [0.15, 0.2) is 24.3 Å². The van der Waals surface area contributed by atoms with Gasteiger partial charge in [-0.05, 0) is 12.1 Å². The number of rotatable bonds is 1. The Labute approximate surface area is 119 Å². The maximum atomic E-state index is 4.75. The van der Waals surface area contributed by atoms with Crippen molar-refractivity contribution in [1.29, 1.82) is 0 Å². The van der Waals surface area contributed by atoms with Gasteiger partial charge in [0.1, 0.15) is 0 Å². The van der Waals surface area contributed by atoms with Crippen molar-refractivity contribution in [3.05, 3.63) is 24.3 Å². The molecular weight excluding hydrogens is 243 g/mol. The van der Waals surface area contributed by atoms with Gasteiger partial charge in [0.15, 0.2) is 5.13 Å². The van der Waals surface area contributed by atoms with Gasteiger partial charge in [0, 0.05) is 0 Å². The van der Waals surface area contributed by atoms with E-state index in [4.69, 9.17) is 24.8 Å². The molecule has 1 heterocycles. The van der Waals surface area contributed by atoms with E-state index in [1.54, 1.807) is 11.3 Å². The first-order valence-corrected chi connectivity index (χ1v) is 5.22. The number of hydrogen-bond donors (Lipinski definition) is 1. The maximum absolute atomic E-state index is 4.75. The van der Waals surface area contributed by atoms with E-state index in [1.807, 2.05) is 24.3 Å². The number of fused-ring (bicyclic) bond motifs is 1. The molecule has 0 radical (unpaired) electrons. The van der Waals surface area contributed by atoms with Crippen LogP contribution >= 0.6 is 23.6 Å². The Balaban J connectivity index is 0.000000980. The van der Waals surface area contributed by atoms with E-state index in [2.05, 4.69) is 10.3 Å². The Bertz CT molecular complexity index is 422. The van der Waals surface area contributed by atoms with Gasteiger partial charge in [0.25, 0.3) is 0 Å². The van der Waals surface area contributed by atoms with Crippen LogP contribution in [0.25, 0.3) is 10.2 Å². The van der Waals surface area contributed by atoms with Crippen molar-refractivity contribution in [3.8, 4) is 0 Å². The Kier molecular flexibility index (Phi) is 4.69. The number of aromatic nitrogens is 1. The van der Waals surface area contributed by atoms with Crippen molar-refractivity contribution in [2.75, 3.05) is 5.32 Å². The fourth-order valence-electron chi connectivity index (χ4n) is 1.01. The van der Waals surface area contributed by atoms with E-state index < -0.39 is 0 Å². The topological polar surface area (TPSA) is 24.9 Å². The summed E-state index contributed by atoms with van der Waals surface area (Å²) in [6.45, 7) is 0. The fraction of sp³-hybridized carbons (Fsp3) is 0. The van der Waals surface area contributed by atoms with Gasteiger partial charge in [0.05, 0.1) is 10.2 Å². The van der Waals surface area contributed by atoms with Crippen molar-refractivity contribution < 1.29 is 29.6 Å². The third-order valence-corrected chi connectivity index (χ3v) is 2.66. The minimum atomic E-state index is 0. The molecule has 66 valence electrons. The van der Waals surface area contributed by atoms with Gasteiger partial charge in [0.2, 0.25) is 0 Å². The van der Waals surface area contributed by atoms with Gasteiger partial charge in [-0.25, -0.2) is 4.98 Å². The van der Waals surface area contributed by atoms with Crippen LogP contribution in [0.5, 0.6) is 0 Å². The standard InChI is InChI=1S/C8H6N2S3.Na/c11-8(12)10-7-9-5-3-1-2-4-6(5)13-7;/h1-4H,(H2,9,10,11,12);/q;+1/p-1. The predicted molar refractivity (Wildman–Crippen MR) is 63.2 cm³/mol. The molecule has 1 aromatic heterocycles. The number of thiazole rings is 1. The summed E-state index contributed by atoms with van der Waals surface area (Å²) in [5.74, 6) is 0. The van der Waals surface area contributed by atoms with Gasteiger partial charge in [-0.2, -0.15) is 0 Å². The average molecular weight is 248 g/mol. The van der Waals surface area contributed by atoms with Gasteiger partial charge in [-0.15, -0.1) is 0 Å². The van der Waals surface area contributed by atoms with Crippen LogP contribution in [0, 0.1) is 0 Å². The second kappa shape index (κ2) is 5.34. The molecule has 0 fully saturated rings. The third kappa shape index (κ3) is 2.85. The zero-order valence-corrected chi connectivity index (χ0v) is 11.9. The van der Waals surface area contributed by atoms with Crippen molar-refractivity contribution in [3.63, 3.8) is 0 Å². The van der Waals surface area contributed by atoms with Crippen molar-refractivity contribution in [2.24, 2.45) is 0 Å². The average Bonchev–Trinajstić information content (AvgIpc) is 2.44. The molecule has 0 bridgehead atoms. The van der Waals surface area contributed by atoms with E-state index in [9.17, 15) is 0 Å². The molecule has 0 spiro atoms. The van der Waals surface area contributed by atoms with Crippen molar-refractivity contribution in [2.45, 2.75) is 0 Å². The third-order valence-electron chi connectivity index (χ3n) is 1.50. The summed E-state index contributed by atoms with van der Waals surface area (Å²) < 4.78 is 1.47. The van der Waals surface area contributed by atoms with Gasteiger partial charge in [-0.3, -0.25) is 0 Å². The normalized spacial score (nSPS) is 9.43. The van der Waals surface area contributed by atoms with Crippen molar-refractivity contribution >= 4 is 55.9 Å². The van der Waals surface area contributed by atoms with Crippen LogP contribution in [-0.2, 0) is 12.6 Å². The molecule has 1 aromatic carbocycles. The molecular formula is C8H5N2NaS3. The zero-order chi connectivity index (χ0) is 9.26. The Hall–Kier alpha value is 0.220. The molecule has 0 amide bonds. The number of thiocarbonyl (C=S) groups is 1. The van der Waals surface area contributed by atoms with Crippen LogP contribution in [0.1, 0.15) is 0 Å².